The van der Waals surface area contributed by atoms with E-state index in [0.29, 0.717) is 0 Å². The second-order valence-electron chi connectivity index (χ2n) is 2.40. The first-order valence-electron chi connectivity index (χ1n) is 3.36. The number of nitrogens with zero attached hydrogens (tertiary/aromatic N) is 1. The average molecular weight is 196 g/mol. The third kappa shape index (κ3) is 1.99. The van der Waals surface area contributed by atoms with Crippen molar-refractivity contribution in [2.24, 2.45) is 0 Å². The van der Waals surface area contributed by atoms with E-state index < -0.39 is 30.1 Å². The molecule has 4 nitrogen and oxygen atoms in total. The van der Waals surface area contributed by atoms with Gasteiger partial charge in [-0.15, -0.1) is 0 Å². The van der Waals surface area contributed by atoms with Gasteiger partial charge in [0.1, 0.15) is 11.8 Å². The molecule has 1 aromatic heterocycles. The van der Waals surface area contributed by atoms with Gasteiger partial charge in [-0.2, -0.15) is 18.3 Å². The minimum absolute atomic E-state index is 0.449. The molecule has 3 N–H and O–H groups in total. The fourth-order valence-electron chi connectivity index (χ4n) is 0.874. The van der Waals surface area contributed by atoms with Crippen LogP contribution >= 0.6 is 0 Å². The summed E-state index contributed by atoms with van der Waals surface area (Å²) in [6, 6.07) is 0. The number of hydrogen-bond acceptors (Lipinski definition) is 3. The normalized spacial score (nSPS) is 14.5. The third-order valence-corrected chi connectivity index (χ3v) is 1.48. The first-order valence-corrected chi connectivity index (χ1v) is 3.36. The minimum Gasteiger partial charge on any atom is -0.393 e. The summed E-state index contributed by atoms with van der Waals surface area (Å²) in [4.78, 5) is 0. The van der Waals surface area contributed by atoms with Crippen LogP contribution in [0.1, 0.15) is 17.4 Å². The molecule has 13 heavy (non-hydrogen) atoms. The molecule has 74 valence electrons. The minimum atomic E-state index is -4.60. The molecule has 0 radical (unpaired) electrons. The quantitative estimate of drug-likeness (QED) is 0.643. The predicted octanol–water partition coefficient (Wildman–Crippen LogP) is 0.454. The van der Waals surface area contributed by atoms with Crippen molar-refractivity contribution >= 4 is 0 Å². The van der Waals surface area contributed by atoms with Crippen LogP contribution in [0.4, 0.5) is 13.2 Å². The first kappa shape index (κ1) is 10.0. The topological polar surface area (TPSA) is 69.1 Å². The lowest BCUT2D eigenvalue weighted by molar-refractivity contribution is -0.142. The van der Waals surface area contributed by atoms with Gasteiger partial charge in [0.15, 0.2) is 0 Å². The molecule has 0 amide bonds. The van der Waals surface area contributed by atoms with Crippen molar-refractivity contribution < 1.29 is 23.4 Å². The van der Waals surface area contributed by atoms with E-state index in [-0.39, 0.29) is 0 Å². The van der Waals surface area contributed by atoms with Crippen LogP contribution in [0.5, 0.6) is 0 Å². The largest absolute Gasteiger partial charge is 0.433 e. The second-order valence-corrected chi connectivity index (χ2v) is 2.40. The maximum Gasteiger partial charge on any atom is 0.433 e. The number of hydrogen-bond donors (Lipinski definition) is 3. The second kappa shape index (κ2) is 3.35. The Kier molecular flexibility index (Phi) is 2.58. The molecule has 1 unspecified atom stereocenters. The van der Waals surface area contributed by atoms with Crippen LogP contribution in [0, 0.1) is 0 Å². The number of halogens is 3. The number of aliphatic hydroxyl groups excluding tert-OH is 2. The summed E-state index contributed by atoms with van der Waals surface area (Å²) >= 11 is 0. The number of H-pyrrole nitrogens is 1. The zero-order valence-electron chi connectivity index (χ0n) is 6.34. The number of aromatic amines is 1. The average Bonchev–Trinajstić information content (AvgIpc) is 2.49. The summed E-state index contributed by atoms with van der Waals surface area (Å²) in [5, 5.41) is 22.2. The molecule has 0 aromatic carbocycles. The highest BCUT2D eigenvalue weighted by molar-refractivity contribution is 5.21. The molecule has 0 aliphatic heterocycles. The van der Waals surface area contributed by atoms with Gasteiger partial charge < -0.3 is 10.2 Å². The number of aliphatic hydroxyl groups is 2. The van der Waals surface area contributed by atoms with E-state index in [1.165, 1.54) is 0 Å². The van der Waals surface area contributed by atoms with Crippen LogP contribution in [0.2, 0.25) is 0 Å². The summed E-state index contributed by atoms with van der Waals surface area (Å²) in [5.41, 5.74) is -1.58. The Balaban J connectivity index is 3.03. The number of nitrogens with one attached hydrogen (secondary N) is 1. The van der Waals surface area contributed by atoms with Crippen molar-refractivity contribution in [2.75, 3.05) is 6.61 Å². The van der Waals surface area contributed by atoms with Crippen molar-refractivity contribution in [3.8, 4) is 0 Å². The molecule has 0 spiro atoms. The zero-order valence-corrected chi connectivity index (χ0v) is 6.34. The van der Waals surface area contributed by atoms with Crippen LogP contribution < -0.4 is 0 Å². The SMILES string of the molecule is OCC(O)c1cn[nH]c1C(F)(F)F. The molecular weight excluding hydrogens is 189 g/mol. The molecule has 0 saturated carbocycles. The fourth-order valence-corrected chi connectivity index (χ4v) is 0.874. The molecule has 1 atom stereocenters. The van der Waals surface area contributed by atoms with E-state index in [4.69, 9.17) is 10.2 Å². The highest BCUT2D eigenvalue weighted by atomic mass is 19.4. The van der Waals surface area contributed by atoms with Crippen molar-refractivity contribution in [2.45, 2.75) is 12.3 Å². The van der Waals surface area contributed by atoms with Crippen molar-refractivity contribution in [3.63, 3.8) is 0 Å². The van der Waals surface area contributed by atoms with Gasteiger partial charge in [-0.25, -0.2) is 0 Å². The smallest absolute Gasteiger partial charge is 0.393 e. The fraction of sp³-hybridized carbons (Fsp3) is 0.500. The van der Waals surface area contributed by atoms with Crippen molar-refractivity contribution in [1.29, 1.82) is 0 Å². The Hall–Kier alpha value is -1.08. The summed E-state index contributed by atoms with van der Waals surface area (Å²) < 4.78 is 36.3. The van der Waals surface area contributed by atoms with E-state index in [9.17, 15) is 13.2 Å². The van der Waals surface area contributed by atoms with E-state index in [1.54, 1.807) is 5.10 Å². The summed E-state index contributed by atoms with van der Waals surface area (Å²) in [7, 11) is 0. The highest BCUT2D eigenvalue weighted by Crippen LogP contribution is 2.32. The lowest BCUT2D eigenvalue weighted by atomic mass is 10.1. The van der Waals surface area contributed by atoms with Crippen LogP contribution in [-0.4, -0.2) is 27.0 Å². The molecule has 0 fully saturated rings. The summed E-state index contributed by atoms with van der Waals surface area (Å²) in [6.07, 6.45) is -5.32. The first-order chi connectivity index (χ1) is 5.96. The predicted molar refractivity (Wildman–Crippen MR) is 35.6 cm³/mol. The maximum absolute atomic E-state index is 12.1. The Labute approximate surface area is 71.0 Å². The van der Waals surface area contributed by atoms with Crippen LogP contribution in [0.3, 0.4) is 0 Å². The Morgan fingerprint density at radius 1 is 1.54 bits per heavy atom. The van der Waals surface area contributed by atoms with Gasteiger partial charge in [0.2, 0.25) is 0 Å². The molecule has 1 aromatic rings. The van der Waals surface area contributed by atoms with Crippen LogP contribution in [0.25, 0.3) is 0 Å². The standard InChI is InChI=1S/C6H7F3N2O2/c7-6(8,9)5-3(1-10-11-5)4(13)2-12/h1,4,12-13H,2H2,(H,10,11). The highest BCUT2D eigenvalue weighted by Gasteiger charge is 2.37. The van der Waals surface area contributed by atoms with E-state index in [2.05, 4.69) is 5.10 Å². The zero-order chi connectivity index (χ0) is 10.1. The van der Waals surface area contributed by atoms with Gasteiger partial charge in [0.05, 0.1) is 12.8 Å². The van der Waals surface area contributed by atoms with Gasteiger partial charge in [-0.1, -0.05) is 0 Å². The van der Waals surface area contributed by atoms with Crippen molar-refractivity contribution in [3.05, 3.63) is 17.5 Å². The Bertz CT molecular complexity index is 284. The molecule has 0 aliphatic rings. The molecule has 1 heterocycles. The molecule has 0 bridgehead atoms. The molecule has 0 aliphatic carbocycles. The lowest BCUT2D eigenvalue weighted by Gasteiger charge is -2.09. The summed E-state index contributed by atoms with van der Waals surface area (Å²) in [5.74, 6) is 0. The number of alkyl halides is 3. The van der Waals surface area contributed by atoms with E-state index >= 15 is 0 Å². The van der Waals surface area contributed by atoms with E-state index in [0.717, 1.165) is 6.20 Å². The Morgan fingerprint density at radius 3 is 2.62 bits per heavy atom. The lowest BCUT2D eigenvalue weighted by Crippen LogP contribution is -2.13. The number of rotatable bonds is 2. The number of aromatic nitrogens is 2. The monoisotopic (exact) mass is 196 g/mol. The van der Waals surface area contributed by atoms with Gasteiger partial charge in [-0.3, -0.25) is 5.10 Å². The van der Waals surface area contributed by atoms with E-state index in [1.807, 2.05) is 0 Å². The van der Waals surface area contributed by atoms with Crippen molar-refractivity contribution in [1.82, 2.24) is 10.2 Å². The maximum atomic E-state index is 12.1. The van der Waals surface area contributed by atoms with Gasteiger partial charge in [-0.05, 0) is 0 Å². The Morgan fingerprint density at radius 2 is 2.15 bits per heavy atom. The summed E-state index contributed by atoms with van der Waals surface area (Å²) in [6.45, 7) is -0.775. The third-order valence-electron chi connectivity index (χ3n) is 1.48. The molecule has 1 rings (SSSR count). The molecule has 0 saturated heterocycles. The van der Waals surface area contributed by atoms with Crippen LogP contribution in [-0.2, 0) is 6.18 Å². The van der Waals surface area contributed by atoms with Gasteiger partial charge >= 0.3 is 6.18 Å². The molecular formula is C6H7F3N2O2. The van der Waals surface area contributed by atoms with Gasteiger partial charge in [0, 0.05) is 5.56 Å². The van der Waals surface area contributed by atoms with Crippen LogP contribution in [0.15, 0.2) is 6.20 Å². The van der Waals surface area contributed by atoms with Gasteiger partial charge in [0.25, 0.3) is 0 Å². The molecule has 7 heteroatoms.